The predicted molar refractivity (Wildman–Crippen MR) is 59.3 cm³/mol. The van der Waals surface area contributed by atoms with Gasteiger partial charge in [-0.05, 0) is 0 Å². The molecule has 0 aliphatic rings. The summed E-state index contributed by atoms with van der Waals surface area (Å²) >= 11 is -0.623. The summed E-state index contributed by atoms with van der Waals surface area (Å²) in [6.07, 6.45) is 0. The molecule has 14 heavy (non-hydrogen) atoms. The van der Waals surface area contributed by atoms with Gasteiger partial charge in [-0.25, -0.2) is 0 Å². The van der Waals surface area contributed by atoms with Crippen LogP contribution in [0.1, 0.15) is 13.8 Å². The van der Waals surface area contributed by atoms with Gasteiger partial charge in [-0.1, -0.05) is 0 Å². The van der Waals surface area contributed by atoms with Crippen molar-refractivity contribution < 1.29 is 9.90 Å². The standard InChI is InChI=1S/C10H12O2Te2/c1-10(2,9(11)12)14-13-8-6-4-3-5-7-8/h3-7H,1-2H3,(H,11,12). The number of benzene rings is 1. The summed E-state index contributed by atoms with van der Waals surface area (Å²) in [7, 11) is 0. The van der Waals surface area contributed by atoms with Gasteiger partial charge in [0.05, 0.1) is 0 Å². The monoisotopic (exact) mass is 424 g/mol. The van der Waals surface area contributed by atoms with Gasteiger partial charge in [0.1, 0.15) is 0 Å². The molecule has 0 aliphatic carbocycles. The number of rotatable bonds is 4. The van der Waals surface area contributed by atoms with Crippen LogP contribution in [0.3, 0.4) is 0 Å². The quantitative estimate of drug-likeness (QED) is 0.738. The molecule has 0 bridgehead atoms. The Hall–Kier alpha value is 0.269. The van der Waals surface area contributed by atoms with Crippen molar-refractivity contribution in [3.8, 4) is 0 Å². The summed E-state index contributed by atoms with van der Waals surface area (Å²) in [5, 5.41) is 8.97. The molecule has 0 saturated carbocycles. The molecule has 0 radical (unpaired) electrons. The second-order valence-corrected chi connectivity index (χ2v) is 14.9. The van der Waals surface area contributed by atoms with E-state index in [1.54, 1.807) is 0 Å². The molecule has 0 spiro atoms. The van der Waals surface area contributed by atoms with E-state index < -0.39 is 26.5 Å². The molecule has 4 heteroatoms. The minimum absolute atomic E-state index is 0.229. The van der Waals surface area contributed by atoms with Crippen molar-refractivity contribution in [2.75, 3.05) is 0 Å². The van der Waals surface area contributed by atoms with Crippen LogP contribution >= 0.6 is 0 Å². The fourth-order valence-electron chi connectivity index (χ4n) is 0.664. The van der Waals surface area contributed by atoms with Gasteiger partial charge in [-0.15, -0.1) is 0 Å². The van der Waals surface area contributed by atoms with E-state index in [1.165, 1.54) is 3.61 Å². The molecule has 0 saturated heterocycles. The Labute approximate surface area is 100 Å². The molecular weight excluding hydrogens is 407 g/mol. The van der Waals surface area contributed by atoms with Crippen LogP contribution < -0.4 is 3.61 Å². The van der Waals surface area contributed by atoms with E-state index >= 15 is 0 Å². The maximum atomic E-state index is 10.9. The number of hydrogen-bond acceptors (Lipinski definition) is 1. The number of aliphatic carboxylic acids is 1. The Bertz CT molecular complexity index is 309. The fraction of sp³-hybridized carbons (Fsp3) is 0.300. The van der Waals surface area contributed by atoms with E-state index in [0.717, 1.165) is 0 Å². The summed E-state index contributed by atoms with van der Waals surface area (Å²) in [5.74, 6) is -0.638. The molecule has 1 aromatic carbocycles. The third kappa shape index (κ3) is 3.79. The van der Waals surface area contributed by atoms with Gasteiger partial charge in [-0.2, -0.15) is 0 Å². The molecule has 1 aromatic rings. The van der Waals surface area contributed by atoms with Crippen LogP contribution in [0.2, 0.25) is 3.46 Å². The predicted octanol–water partition coefficient (Wildman–Crippen LogP) is 0.918. The molecule has 76 valence electrons. The fourth-order valence-corrected chi connectivity index (χ4v) is 11.8. The summed E-state index contributed by atoms with van der Waals surface area (Å²) in [5.41, 5.74) is 0. The summed E-state index contributed by atoms with van der Waals surface area (Å²) in [4.78, 5) is 10.9. The molecule has 2 nitrogen and oxygen atoms in total. The van der Waals surface area contributed by atoms with E-state index in [4.69, 9.17) is 5.11 Å². The van der Waals surface area contributed by atoms with Gasteiger partial charge >= 0.3 is 101 Å². The van der Waals surface area contributed by atoms with E-state index in [-0.39, 0.29) is 17.1 Å². The first-order valence-corrected chi connectivity index (χ1v) is 13.8. The molecule has 1 N–H and O–H groups in total. The Kier molecular flexibility index (Phi) is 4.74. The third-order valence-corrected chi connectivity index (χ3v) is 18.1. The normalized spacial score (nSPS) is 11.3. The van der Waals surface area contributed by atoms with E-state index in [0.29, 0.717) is 0 Å². The zero-order valence-electron chi connectivity index (χ0n) is 8.06. The average molecular weight is 419 g/mol. The van der Waals surface area contributed by atoms with Gasteiger partial charge < -0.3 is 0 Å². The first-order valence-electron chi connectivity index (χ1n) is 4.16. The van der Waals surface area contributed by atoms with Crippen molar-refractivity contribution in [1.29, 1.82) is 0 Å². The molecule has 0 unspecified atom stereocenters. The van der Waals surface area contributed by atoms with Crippen LogP contribution in [0.5, 0.6) is 0 Å². The van der Waals surface area contributed by atoms with Crippen molar-refractivity contribution >= 4 is 43.7 Å². The molecule has 0 heterocycles. The van der Waals surface area contributed by atoms with Crippen LogP contribution in [-0.2, 0) is 4.79 Å². The molecule has 0 amide bonds. The van der Waals surface area contributed by atoms with Crippen molar-refractivity contribution in [1.82, 2.24) is 0 Å². The number of hydrogen-bond donors (Lipinski definition) is 1. The van der Waals surface area contributed by atoms with Gasteiger partial charge in [0.2, 0.25) is 0 Å². The number of carboxylic acid groups (broad SMARTS) is 1. The first kappa shape index (κ1) is 12.3. The molecule has 0 atom stereocenters. The summed E-state index contributed by atoms with van der Waals surface area (Å²) in [6, 6.07) is 10.3. The Balaban J connectivity index is 2.53. The Morgan fingerprint density at radius 3 is 2.36 bits per heavy atom. The van der Waals surface area contributed by atoms with E-state index in [2.05, 4.69) is 12.1 Å². The Morgan fingerprint density at radius 1 is 1.29 bits per heavy atom. The molecule has 0 aromatic heterocycles. The second-order valence-electron chi connectivity index (χ2n) is 3.30. The zero-order valence-corrected chi connectivity index (χ0v) is 12.7. The molecule has 0 fully saturated rings. The third-order valence-electron chi connectivity index (χ3n) is 1.60. The topological polar surface area (TPSA) is 37.3 Å². The second kappa shape index (κ2) is 5.38. The number of carbonyl (C=O) groups is 1. The van der Waals surface area contributed by atoms with E-state index in [9.17, 15) is 4.79 Å². The van der Waals surface area contributed by atoms with Gasteiger partial charge in [0, 0.05) is 0 Å². The van der Waals surface area contributed by atoms with Gasteiger partial charge in [-0.3, -0.25) is 0 Å². The van der Waals surface area contributed by atoms with Gasteiger partial charge in [0.15, 0.2) is 0 Å². The number of carboxylic acids is 1. The minimum atomic E-state index is -0.638. The van der Waals surface area contributed by atoms with Gasteiger partial charge in [0.25, 0.3) is 0 Å². The SMILES string of the molecule is CC(C)([Te][Te]c1ccccc1)C(=O)O. The van der Waals surface area contributed by atoms with Crippen molar-refractivity contribution in [3.05, 3.63) is 30.3 Å². The summed E-state index contributed by atoms with van der Waals surface area (Å²) < 4.78 is 0.943. The molecule has 0 aliphatic heterocycles. The van der Waals surface area contributed by atoms with Crippen LogP contribution in [0.15, 0.2) is 30.3 Å². The maximum absolute atomic E-state index is 10.9. The van der Waals surface area contributed by atoms with Crippen LogP contribution in [0.4, 0.5) is 0 Å². The first-order chi connectivity index (χ1) is 6.52. The van der Waals surface area contributed by atoms with Crippen LogP contribution in [-0.4, -0.2) is 45.2 Å². The average Bonchev–Trinajstić information content (AvgIpc) is 2.16. The van der Waals surface area contributed by atoms with Crippen LogP contribution in [0, 0.1) is 0 Å². The zero-order chi connectivity index (χ0) is 10.6. The van der Waals surface area contributed by atoms with Crippen molar-refractivity contribution in [3.63, 3.8) is 0 Å². The Morgan fingerprint density at radius 2 is 1.86 bits per heavy atom. The molecular formula is C10H12O2Te2. The van der Waals surface area contributed by atoms with Crippen LogP contribution in [0.25, 0.3) is 0 Å². The van der Waals surface area contributed by atoms with E-state index in [1.807, 2.05) is 32.0 Å². The summed E-state index contributed by atoms with van der Waals surface area (Å²) in [6.45, 7) is 3.70. The van der Waals surface area contributed by atoms with Crippen molar-refractivity contribution in [2.45, 2.75) is 17.3 Å². The molecule has 1 rings (SSSR count). The van der Waals surface area contributed by atoms with Crippen molar-refractivity contribution in [2.24, 2.45) is 0 Å².